The van der Waals surface area contributed by atoms with Gasteiger partial charge in [0.2, 0.25) is 5.91 Å². The van der Waals surface area contributed by atoms with Crippen molar-refractivity contribution >= 4 is 17.8 Å². The van der Waals surface area contributed by atoms with Crippen LogP contribution in [0.5, 0.6) is 0 Å². The van der Waals surface area contributed by atoms with E-state index < -0.39 is 6.09 Å². The molecule has 0 bridgehead atoms. The van der Waals surface area contributed by atoms with Crippen LogP contribution in [0.1, 0.15) is 44.6 Å². The number of ether oxygens (including phenoxy) is 1. The molecule has 1 aliphatic heterocycles. The molecule has 0 aromatic heterocycles. The highest BCUT2D eigenvalue weighted by Crippen LogP contribution is 2.17. The number of ketones is 1. The zero-order valence-corrected chi connectivity index (χ0v) is 14.7. The van der Waals surface area contributed by atoms with Crippen molar-refractivity contribution in [2.24, 2.45) is 0 Å². The second kappa shape index (κ2) is 9.81. The fraction of sp³-hybridized carbons (Fsp3) is 0.526. The molecule has 1 aliphatic rings. The Kier molecular flexibility index (Phi) is 7.44. The van der Waals surface area contributed by atoms with E-state index >= 15 is 0 Å². The quantitative estimate of drug-likeness (QED) is 0.734. The minimum absolute atomic E-state index is 0.00671. The SMILES string of the molecule is CCCC(CCNC(=O)OCc1ccccc1)N1CCC(=O)CC1=O. The Bertz CT molecular complexity index is 588. The first kappa shape index (κ1) is 19.0. The summed E-state index contributed by atoms with van der Waals surface area (Å²) in [5.41, 5.74) is 0.935. The van der Waals surface area contributed by atoms with Gasteiger partial charge in [-0.2, -0.15) is 0 Å². The second-order valence-corrected chi connectivity index (χ2v) is 6.27. The molecule has 1 fully saturated rings. The van der Waals surface area contributed by atoms with Crippen LogP contribution in [-0.2, 0) is 20.9 Å². The van der Waals surface area contributed by atoms with Gasteiger partial charge in [-0.1, -0.05) is 43.7 Å². The molecule has 1 aromatic carbocycles. The molecule has 136 valence electrons. The van der Waals surface area contributed by atoms with Crippen LogP contribution in [0.4, 0.5) is 4.79 Å². The Morgan fingerprint density at radius 2 is 2.00 bits per heavy atom. The standard InChI is InChI=1S/C19H26N2O4/c1-2-6-16(21-12-10-17(22)13-18(21)23)9-11-20-19(24)25-14-15-7-4-3-5-8-15/h3-5,7-8,16H,2,6,9-14H2,1H3,(H,20,24). The Balaban J connectivity index is 1.74. The monoisotopic (exact) mass is 346 g/mol. The van der Waals surface area contributed by atoms with Crippen LogP contribution in [0.3, 0.4) is 0 Å². The number of nitrogens with zero attached hydrogens (tertiary/aromatic N) is 1. The summed E-state index contributed by atoms with van der Waals surface area (Å²) >= 11 is 0. The molecule has 2 rings (SSSR count). The van der Waals surface area contributed by atoms with Crippen molar-refractivity contribution in [2.45, 2.75) is 51.7 Å². The first-order valence-corrected chi connectivity index (χ1v) is 8.86. The van der Waals surface area contributed by atoms with Gasteiger partial charge >= 0.3 is 6.09 Å². The number of hydrogen-bond acceptors (Lipinski definition) is 4. The zero-order chi connectivity index (χ0) is 18.1. The maximum atomic E-state index is 12.1. The lowest BCUT2D eigenvalue weighted by atomic mass is 10.0. The highest BCUT2D eigenvalue weighted by atomic mass is 16.5. The molecule has 0 radical (unpaired) electrons. The average Bonchev–Trinajstić information content (AvgIpc) is 2.60. The fourth-order valence-electron chi connectivity index (χ4n) is 3.02. The summed E-state index contributed by atoms with van der Waals surface area (Å²) < 4.78 is 5.18. The molecule has 0 saturated carbocycles. The van der Waals surface area contributed by atoms with E-state index in [1.807, 2.05) is 30.3 Å². The largest absolute Gasteiger partial charge is 0.445 e. The molecular weight excluding hydrogens is 320 g/mol. The zero-order valence-electron chi connectivity index (χ0n) is 14.7. The van der Waals surface area contributed by atoms with Crippen molar-refractivity contribution in [1.82, 2.24) is 10.2 Å². The van der Waals surface area contributed by atoms with Gasteiger partial charge < -0.3 is 15.0 Å². The highest BCUT2D eigenvalue weighted by molar-refractivity contribution is 6.00. The van der Waals surface area contributed by atoms with Crippen molar-refractivity contribution in [1.29, 1.82) is 0 Å². The van der Waals surface area contributed by atoms with Crippen molar-refractivity contribution in [3.63, 3.8) is 0 Å². The lowest BCUT2D eigenvalue weighted by Gasteiger charge is -2.34. The van der Waals surface area contributed by atoms with Gasteiger partial charge in [0.15, 0.2) is 0 Å². The van der Waals surface area contributed by atoms with E-state index in [2.05, 4.69) is 12.2 Å². The van der Waals surface area contributed by atoms with Gasteiger partial charge in [-0.3, -0.25) is 9.59 Å². The van der Waals surface area contributed by atoms with Crippen molar-refractivity contribution < 1.29 is 19.1 Å². The van der Waals surface area contributed by atoms with Gasteiger partial charge in [0, 0.05) is 25.6 Å². The summed E-state index contributed by atoms with van der Waals surface area (Å²) in [7, 11) is 0. The molecule has 1 heterocycles. The Morgan fingerprint density at radius 1 is 1.24 bits per heavy atom. The number of amides is 2. The molecule has 1 saturated heterocycles. The van der Waals surface area contributed by atoms with Crippen molar-refractivity contribution in [3.05, 3.63) is 35.9 Å². The molecule has 2 amide bonds. The predicted octanol–water partition coefficient (Wildman–Crippen LogP) is 2.66. The van der Waals surface area contributed by atoms with Gasteiger partial charge in [-0.25, -0.2) is 4.79 Å². The topological polar surface area (TPSA) is 75.7 Å². The lowest BCUT2D eigenvalue weighted by molar-refractivity contribution is -0.141. The van der Waals surface area contributed by atoms with Gasteiger partial charge in [0.05, 0.1) is 6.42 Å². The minimum atomic E-state index is -0.459. The van der Waals surface area contributed by atoms with E-state index in [1.165, 1.54) is 0 Å². The summed E-state index contributed by atoms with van der Waals surface area (Å²) in [4.78, 5) is 37.0. The molecule has 6 nitrogen and oxygen atoms in total. The Labute approximate surface area is 148 Å². The first-order chi connectivity index (χ1) is 12.1. The molecule has 1 N–H and O–H groups in total. The van der Waals surface area contributed by atoms with Gasteiger partial charge in [-0.05, 0) is 18.4 Å². The predicted molar refractivity (Wildman–Crippen MR) is 93.9 cm³/mol. The lowest BCUT2D eigenvalue weighted by Crippen LogP contribution is -2.46. The maximum Gasteiger partial charge on any atom is 0.407 e. The number of carbonyl (C=O) groups is 3. The van der Waals surface area contributed by atoms with Gasteiger partial charge in [-0.15, -0.1) is 0 Å². The van der Waals surface area contributed by atoms with Gasteiger partial charge in [0.25, 0.3) is 0 Å². The van der Waals surface area contributed by atoms with E-state index in [4.69, 9.17) is 4.74 Å². The average molecular weight is 346 g/mol. The molecule has 1 unspecified atom stereocenters. The molecule has 0 spiro atoms. The van der Waals surface area contributed by atoms with E-state index in [0.717, 1.165) is 18.4 Å². The second-order valence-electron chi connectivity index (χ2n) is 6.27. The van der Waals surface area contributed by atoms with E-state index in [9.17, 15) is 14.4 Å². The third kappa shape index (κ3) is 6.21. The molecule has 0 aliphatic carbocycles. The number of rotatable bonds is 8. The summed E-state index contributed by atoms with van der Waals surface area (Å²) in [5.74, 6) is -0.0829. The van der Waals surface area contributed by atoms with Crippen LogP contribution < -0.4 is 5.32 Å². The highest BCUT2D eigenvalue weighted by Gasteiger charge is 2.28. The number of likely N-dealkylation sites (tertiary alicyclic amines) is 1. The maximum absolute atomic E-state index is 12.1. The first-order valence-electron chi connectivity index (χ1n) is 8.86. The third-order valence-corrected chi connectivity index (χ3v) is 4.32. The Hall–Kier alpha value is -2.37. The van der Waals surface area contributed by atoms with E-state index in [-0.39, 0.29) is 30.8 Å². The van der Waals surface area contributed by atoms with Crippen LogP contribution in [0.2, 0.25) is 0 Å². The fourth-order valence-corrected chi connectivity index (χ4v) is 3.02. The van der Waals surface area contributed by atoms with Crippen LogP contribution in [0.25, 0.3) is 0 Å². The minimum Gasteiger partial charge on any atom is -0.445 e. The molecule has 6 heteroatoms. The number of hydrogen-bond donors (Lipinski definition) is 1. The summed E-state index contributed by atoms with van der Waals surface area (Å²) in [6.45, 7) is 3.22. The van der Waals surface area contributed by atoms with Crippen LogP contribution >= 0.6 is 0 Å². The number of alkyl carbamates (subject to hydrolysis) is 1. The van der Waals surface area contributed by atoms with Crippen LogP contribution in [0, 0.1) is 0 Å². The Morgan fingerprint density at radius 3 is 2.68 bits per heavy atom. The normalized spacial score (nSPS) is 15.8. The van der Waals surface area contributed by atoms with E-state index in [0.29, 0.717) is 25.9 Å². The number of Topliss-reactive ketones (excluding diaryl/α,β-unsaturated/α-hetero) is 1. The number of carbonyl (C=O) groups excluding carboxylic acids is 3. The summed E-state index contributed by atoms with van der Waals surface area (Å²) in [6.07, 6.45) is 2.44. The molecule has 1 atom stereocenters. The third-order valence-electron chi connectivity index (χ3n) is 4.32. The summed E-state index contributed by atoms with van der Waals surface area (Å²) in [6, 6.07) is 9.55. The molecule has 1 aromatic rings. The number of piperidine rings is 1. The number of benzene rings is 1. The summed E-state index contributed by atoms with van der Waals surface area (Å²) in [5, 5.41) is 2.74. The molecule has 25 heavy (non-hydrogen) atoms. The molecular formula is C19H26N2O4. The van der Waals surface area contributed by atoms with Crippen LogP contribution in [-0.4, -0.2) is 41.8 Å². The van der Waals surface area contributed by atoms with Crippen molar-refractivity contribution in [2.75, 3.05) is 13.1 Å². The van der Waals surface area contributed by atoms with Gasteiger partial charge in [0.1, 0.15) is 12.4 Å². The van der Waals surface area contributed by atoms with Crippen LogP contribution in [0.15, 0.2) is 30.3 Å². The van der Waals surface area contributed by atoms with E-state index in [1.54, 1.807) is 4.90 Å². The van der Waals surface area contributed by atoms with Crippen molar-refractivity contribution in [3.8, 4) is 0 Å². The number of nitrogens with one attached hydrogen (secondary N) is 1. The smallest absolute Gasteiger partial charge is 0.407 e.